The molecule has 0 aromatic rings. The Morgan fingerprint density at radius 3 is 2.21 bits per heavy atom. The number of carbonyl (C=O) groups is 2. The van der Waals surface area contributed by atoms with Gasteiger partial charge in [-0.2, -0.15) is 0 Å². The maximum Gasteiger partial charge on any atom is 0.331 e. The third-order valence-corrected chi connectivity index (χ3v) is 1.80. The molecule has 0 bridgehead atoms. The summed E-state index contributed by atoms with van der Waals surface area (Å²) in [7, 11) is 4.87. The number of amides is 2. The van der Waals surface area contributed by atoms with Crippen molar-refractivity contribution < 1.29 is 14.7 Å². The van der Waals surface area contributed by atoms with Crippen molar-refractivity contribution in [2.24, 2.45) is 5.92 Å². The molecule has 1 atom stereocenters. The molecule has 0 heterocycles. The molecule has 6 nitrogen and oxygen atoms in total. The number of hydrogen-bond donors (Lipinski definition) is 2. The Hall–Kier alpha value is -1.30. The van der Waals surface area contributed by atoms with Gasteiger partial charge in [-0.1, -0.05) is 6.92 Å². The summed E-state index contributed by atoms with van der Waals surface area (Å²) in [5.41, 5.74) is 0. The molecule has 82 valence electrons. The highest BCUT2D eigenvalue weighted by Gasteiger charge is 2.21. The third kappa shape index (κ3) is 3.61. The molecule has 1 unspecified atom stereocenters. The van der Waals surface area contributed by atoms with Gasteiger partial charge in [0.25, 0.3) is 0 Å². The van der Waals surface area contributed by atoms with Crippen LogP contribution in [-0.4, -0.2) is 54.8 Å². The van der Waals surface area contributed by atoms with Crippen LogP contribution in [0, 0.1) is 5.92 Å². The second-order valence-electron chi connectivity index (χ2n) is 3.22. The highest BCUT2D eigenvalue weighted by Crippen LogP contribution is 2.01. The lowest BCUT2D eigenvalue weighted by Gasteiger charge is -2.29. The van der Waals surface area contributed by atoms with Crippen molar-refractivity contribution in [3.63, 3.8) is 0 Å². The summed E-state index contributed by atoms with van der Waals surface area (Å²) >= 11 is 0. The van der Waals surface area contributed by atoms with Crippen LogP contribution in [0.15, 0.2) is 0 Å². The molecule has 6 heteroatoms. The van der Waals surface area contributed by atoms with E-state index in [9.17, 15) is 9.59 Å². The molecule has 0 aliphatic rings. The number of hydrogen-bond acceptors (Lipinski definition) is 3. The van der Waals surface area contributed by atoms with E-state index in [-0.39, 0.29) is 12.6 Å². The molecule has 0 radical (unpaired) electrons. The van der Waals surface area contributed by atoms with Crippen LogP contribution in [0.25, 0.3) is 0 Å². The number of nitrogens with one attached hydrogen (secondary N) is 1. The van der Waals surface area contributed by atoms with E-state index in [0.29, 0.717) is 0 Å². The van der Waals surface area contributed by atoms with E-state index in [2.05, 4.69) is 5.32 Å². The second kappa shape index (κ2) is 5.43. The zero-order valence-corrected chi connectivity index (χ0v) is 8.94. The van der Waals surface area contributed by atoms with Crippen LogP contribution in [0.4, 0.5) is 4.79 Å². The predicted molar refractivity (Wildman–Crippen MR) is 51.6 cm³/mol. The van der Waals surface area contributed by atoms with Crippen LogP contribution in [0.5, 0.6) is 0 Å². The Morgan fingerprint density at radius 2 is 1.93 bits per heavy atom. The molecule has 0 aliphatic carbocycles. The van der Waals surface area contributed by atoms with Gasteiger partial charge in [-0.25, -0.2) is 9.80 Å². The van der Waals surface area contributed by atoms with Gasteiger partial charge >= 0.3 is 12.0 Å². The predicted octanol–water partition coefficient (Wildman–Crippen LogP) is -0.175. The first kappa shape index (κ1) is 12.7. The number of aliphatic carboxylic acids is 1. The van der Waals surface area contributed by atoms with E-state index in [0.717, 1.165) is 0 Å². The van der Waals surface area contributed by atoms with Crippen molar-refractivity contribution >= 4 is 12.0 Å². The number of nitrogens with zero attached hydrogens (tertiary/aromatic N) is 2. The number of carboxylic acid groups (broad SMARTS) is 1. The molecular formula is C8H17N3O3. The monoisotopic (exact) mass is 203 g/mol. The summed E-state index contributed by atoms with van der Waals surface area (Å²) in [6.45, 7) is 1.71. The van der Waals surface area contributed by atoms with Crippen molar-refractivity contribution in [2.45, 2.75) is 6.92 Å². The Balaban J connectivity index is 4.38. The molecule has 0 saturated carbocycles. The summed E-state index contributed by atoms with van der Waals surface area (Å²) in [5, 5.41) is 14.0. The maximum absolute atomic E-state index is 11.3. The molecule has 2 amide bonds. The molecular weight excluding hydrogens is 186 g/mol. The molecule has 0 saturated heterocycles. The minimum Gasteiger partial charge on any atom is -0.481 e. The summed E-state index contributed by atoms with van der Waals surface area (Å²) in [6.07, 6.45) is 0. The molecule has 14 heavy (non-hydrogen) atoms. The van der Waals surface area contributed by atoms with E-state index in [1.807, 2.05) is 0 Å². The Labute approximate surface area is 83.5 Å². The largest absolute Gasteiger partial charge is 0.481 e. The first-order valence-electron chi connectivity index (χ1n) is 4.29. The molecule has 0 spiro atoms. The fourth-order valence-corrected chi connectivity index (χ4v) is 0.894. The van der Waals surface area contributed by atoms with Gasteiger partial charge < -0.3 is 10.4 Å². The lowest BCUT2D eigenvalue weighted by atomic mass is 10.2. The van der Waals surface area contributed by atoms with Crippen LogP contribution < -0.4 is 5.32 Å². The zero-order valence-electron chi connectivity index (χ0n) is 8.94. The van der Waals surface area contributed by atoms with E-state index in [1.54, 1.807) is 26.0 Å². The van der Waals surface area contributed by atoms with Gasteiger partial charge in [-0.3, -0.25) is 9.80 Å². The van der Waals surface area contributed by atoms with Crippen LogP contribution in [0.2, 0.25) is 0 Å². The smallest absolute Gasteiger partial charge is 0.331 e. The lowest BCUT2D eigenvalue weighted by molar-refractivity contribution is -0.142. The van der Waals surface area contributed by atoms with Gasteiger partial charge in [0.05, 0.1) is 12.5 Å². The average molecular weight is 203 g/mol. The van der Waals surface area contributed by atoms with E-state index >= 15 is 0 Å². The standard InChI is InChI=1S/C8H17N3O3/c1-6(7(12)13)5-11(10(3)4)8(14)9-2/h6H,5H2,1-4H3,(H,9,14)(H,12,13). The van der Waals surface area contributed by atoms with E-state index in [1.165, 1.54) is 12.1 Å². The minimum atomic E-state index is -0.916. The molecule has 0 aromatic carbocycles. The van der Waals surface area contributed by atoms with Gasteiger partial charge in [0.2, 0.25) is 0 Å². The third-order valence-electron chi connectivity index (χ3n) is 1.80. The van der Waals surface area contributed by atoms with Crippen LogP contribution in [-0.2, 0) is 4.79 Å². The molecule has 0 aliphatic heterocycles. The van der Waals surface area contributed by atoms with Crippen molar-refractivity contribution in [2.75, 3.05) is 27.7 Å². The van der Waals surface area contributed by atoms with Gasteiger partial charge in [-0.05, 0) is 0 Å². The summed E-state index contributed by atoms with van der Waals surface area (Å²) in [4.78, 5) is 21.9. The molecule has 0 aromatic heterocycles. The Bertz CT molecular complexity index is 218. The first-order chi connectivity index (χ1) is 6.40. The van der Waals surface area contributed by atoms with Crippen LogP contribution in [0.3, 0.4) is 0 Å². The number of hydrazine groups is 1. The fourth-order valence-electron chi connectivity index (χ4n) is 0.894. The normalized spacial score (nSPS) is 12.4. The van der Waals surface area contributed by atoms with Gasteiger partial charge in [0, 0.05) is 21.1 Å². The van der Waals surface area contributed by atoms with E-state index in [4.69, 9.17) is 5.11 Å². The average Bonchev–Trinajstić information content (AvgIpc) is 2.11. The fraction of sp³-hybridized carbons (Fsp3) is 0.750. The minimum absolute atomic E-state index is 0.155. The molecule has 2 N–H and O–H groups in total. The first-order valence-corrected chi connectivity index (χ1v) is 4.29. The zero-order chi connectivity index (χ0) is 11.3. The SMILES string of the molecule is CNC(=O)N(CC(C)C(=O)O)N(C)C. The highest BCUT2D eigenvalue weighted by atomic mass is 16.4. The number of urea groups is 1. The Kier molecular flexibility index (Phi) is 4.93. The van der Waals surface area contributed by atoms with Crippen molar-refractivity contribution in [3.8, 4) is 0 Å². The van der Waals surface area contributed by atoms with E-state index < -0.39 is 11.9 Å². The Morgan fingerprint density at radius 1 is 1.43 bits per heavy atom. The highest BCUT2D eigenvalue weighted by molar-refractivity contribution is 5.75. The number of carboxylic acids is 1. The van der Waals surface area contributed by atoms with Gasteiger partial charge in [0.15, 0.2) is 0 Å². The molecule has 0 rings (SSSR count). The van der Waals surface area contributed by atoms with Crippen LogP contribution in [0.1, 0.15) is 6.92 Å². The van der Waals surface area contributed by atoms with Crippen LogP contribution >= 0.6 is 0 Å². The lowest BCUT2D eigenvalue weighted by Crippen LogP contribution is -2.49. The number of rotatable bonds is 4. The summed E-state index contributed by atoms with van der Waals surface area (Å²) in [6, 6.07) is -0.317. The van der Waals surface area contributed by atoms with Crippen molar-refractivity contribution in [3.05, 3.63) is 0 Å². The number of carbonyl (C=O) groups excluding carboxylic acids is 1. The molecule has 0 fully saturated rings. The second-order valence-corrected chi connectivity index (χ2v) is 3.22. The van der Waals surface area contributed by atoms with Gasteiger partial charge in [-0.15, -0.1) is 0 Å². The topological polar surface area (TPSA) is 72.9 Å². The quantitative estimate of drug-likeness (QED) is 0.622. The maximum atomic E-state index is 11.3. The van der Waals surface area contributed by atoms with Crippen molar-refractivity contribution in [1.82, 2.24) is 15.3 Å². The summed E-state index contributed by atoms with van der Waals surface area (Å²) < 4.78 is 0. The summed E-state index contributed by atoms with van der Waals surface area (Å²) in [5.74, 6) is -1.50. The van der Waals surface area contributed by atoms with Gasteiger partial charge in [0.1, 0.15) is 0 Å². The van der Waals surface area contributed by atoms with Crippen molar-refractivity contribution in [1.29, 1.82) is 0 Å².